The summed E-state index contributed by atoms with van der Waals surface area (Å²) in [5.74, 6) is 9.49. The van der Waals surface area contributed by atoms with Crippen LogP contribution >= 0.6 is 0 Å². The second-order valence-electron chi connectivity index (χ2n) is 7.36. The normalized spacial score (nSPS) is 22.9. The minimum Gasteiger partial charge on any atom is -0.370 e. The van der Waals surface area contributed by atoms with Crippen molar-refractivity contribution in [2.24, 2.45) is 17.7 Å². The fourth-order valence-electron chi connectivity index (χ4n) is 2.73. The molecule has 0 unspecified atom stereocenters. The van der Waals surface area contributed by atoms with Crippen LogP contribution in [0.2, 0.25) is 0 Å². The highest BCUT2D eigenvalue weighted by molar-refractivity contribution is 5.47. The van der Waals surface area contributed by atoms with Crippen molar-refractivity contribution in [2.75, 3.05) is 17.3 Å². The predicted octanol–water partition coefficient (Wildman–Crippen LogP) is 3.30. The van der Waals surface area contributed by atoms with Crippen LogP contribution in [0.25, 0.3) is 0 Å². The van der Waals surface area contributed by atoms with E-state index in [1.165, 1.54) is 25.7 Å². The molecule has 0 radical (unpaired) electrons. The smallest absolute Gasteiger partial charge is 0.145 e. The van der Waals surface area contributed by atoms with Crippen molar-refractivity contribution in [2.45, 2.75) is 58.8 Å². The molecule has 2 rings (SSSR count). The molecule has 1 aliphatic rings. The van der Waals surface area contributed by atoms with Crippen LogP contribution in [0, 0.1) is 11.8 Å². The second-order valence-corrected chi connectivity index (χ2v) is 7.36. The molecule has 0 bridgehead atoms. The molecular formula is C16H29N5. The average molecular weight is 291 g/mol. The molecule has 0 spiro atoms. The molecule has 1 heterocycles. The molecule has 118 valence electrons. The lowest BCUT2D eigenvalue weighted by atomic mass is 9.83. The number of nitrogens with zero attached hydrogens (tertiary/aromatic N) is 2. The molecule has 21 heavy (non-hydrogen) atoms. The Balaban J connectivity index is 2.02. The quantitative estimate of drug-likeness (QED) is 0.586. The highest BCUT2D eigenvalue weighted by atomic mass is 15.3. The van der Waals surface area contributed by atoms with Gasteiger partial charge in [-0.3, -0.25) is 0 Å². The molecular weight excluding hydrogens is 262 g/mol. The Morgan fingerprint density at radius 1 is 1.14 bits per heavy atom. The van der Waals surface area contributed by atoms with Crippen molar-refractivity contribution < 1.29 is 0 Å². The molecule has 4 N–H and O–H groups in total. The van der Waals surface area contributed by atoms with Gasteiger partial charge in [-0.2, -0.15) is 0 Å². The second kappa shape index (κ2) is 6.60. The topological polar surface area (TPSA) is 75.9 Å². The summed E-state index contributed by atoms with van der Waals surface area (Å²) in [7, 11) is 0. The predicted molar refractivity (Wildman–Crippen MR) is 88.2 cm³/mol. The Bertz CT molecular complexity index is 458. The van der Waals surface area contributed by atoms with E-state index in [4.69, 9.17) is 5.84 Å². The van der Waals surface area contributed by atoms with Gasteiger partial charge in [0.05, 0.1) is 0 Å². The van der Waals surface area contributed by atoms with Gasteiger partial charge in [-0.15, -0.1) is 0 Å². The van der Waals surface area contributed by atoms with Crippen LogP contribution in [0.3, 0.4) is 0 Å². The third-order valence-electron chi connectivity index (χ3n) is 4.25. The molecule has 5 nitrogen and oxygen atoms in total. The zero-order chi connectivity index (χ0) is 15.5. The van der Waals surface area contributed by atoms with Gasteiger partial charge in [0.15, 0.2) is 0 Å². The van der Waals surface area contributed by atoms with Gasteiger partial charge in [-0.1, -0.05) is 40.5 Å². The molecule has 0 atom stereocenters. The van der Waals surface area contributed by atoms with Crippen molar-refractivity contribution in [3.63, 3.8) is 0 Å². The molecule has 1 aliphatic carbocycles. The number of rotatable bonds is 4. The highest BCUT2D eigenvalue weighted by Gasteiger charge is 2.20. The van der Waals surface area contributed by atoms with E-state index < -0.39 is 0 Å². The minimum absolute atomic E-state index is 0.0937. The van der Waals surface area contributed by atoms with Gasteiger partial charge in [-0.05, 0) is 24.7 Å². The average Bonchev–Trinajstić information content (AvgIpc) is 2.45. The van der Waals surface area contributed by atoms with E-state index in [9.17, 15) is 0 Å². The first-order valence-electron chi connectivity index (χ1n) is 7.98. The van der Waals surface area contributed by atoms with Crippen LogP contribution in [-0.4, -0.2) is 16.5 Å². The van der Waals surface area contributed by atoms with Crippen LogP contribution in [0.4, 0.5) is 11.6 Å². The number of hydrogen-bond acceptors (Lipinski definition) is 5. The van der Waals surface area contributed by atoms with E-state index in [2.05, 4.69) is 48.4 Å². The Labute approximate surface area is 128 Å². The molecule has 0 saturated heterocycles. The van der Waals surface area contributed by atoms with E-state index in [1.807, 2.05) is 6.07 Å². The number of hydrogen-bond donors (Lipinski definition) is 3. The third kappa shape index (κ3) is 4.56. The minimum atomic E-state index is -0.0937. The summed E-state index contributed by atoms with van der Waals surface area (Å²) >= 11 is 0. The number of nitrogens with two attached hydrogens (primary N) is 1. The van der Waals surface area contributed by atoms with E-state index in [1.54, 1.807) is 0 Å². The molecule has 1 aromatic heterocycles. The number of anilines is 2. The van der Waals surface area contributed by atoms with Crippen molar-refractivity contribution in [1.29, 1.82) is 0 Å². The molecule has 0 aromatic carbocycles. The van der Waals surface area contributed by atoms with Crippen molar-refractivity contribution in [3.8, 4) is 0 Å². The van der Waals surface area contributed by atoms with Crippen LogP contribution in [0.1, 0.15) is 59.2 Å². The molecule has 0 amide bonds. The zero-order valence-electron chi connectivity index (χ0n) is 13.7. The first kappa shape index (κ1) is 16.0. The molecule has 1 aromatic rings. The zero-order valence-corrected chi connectivity index (χ0v) is 13.7. The Kier molecular flexibility index (Phi) is 5.04. The van der Waals surface area contributed by atoms with Gasteiger partial charge in [0.2, 0.25) is 0 Å². The van der Waals surface area contributed by atoms with Gasteiger partial charge in [0.1, 0.15) is 17.5 Å². The Hall–Kier alpha value is -1.36. The lowest BCUT2D eigenvalue weighted by Gasteiger charge is -2.26. The maximum absolute atomic E-state index is 5.52. The standard InChI is InChI=1S/C16H29N5/c1-11-5-7-12(8-6-11)10-18-13-9-14(21-17)20-15(19-13)16(2,3)4/h9,11-12H,5-8,10,17H2,1-4H3,(H2,18,19,20,21). The highest BCUT2D eigenvalue weighted by Crippen LogP contribution is 2.28. The van der Waals surface area contributed by atoms with E-state index >= 15 is 0 Å². The Morgan fingerprint density at radius 2 is 1.76 bits per heavy atom. The summed E-state index contributed by atoms with van der Waals surface area (Å²) in [5, 5.41) is 3.47. The molecule has 1 saturated carbocycles. The maximum atomic E-state index is 5.52. The van der Waals surface area contributed by atoms with Crippen molar-refractivity contribution >= 4 is 11.6 Å². The van der Waals surface area contributed by atoms with E-state index in [0.29, 0.717) is 5.82 Å². The summed E-state index contributed by atoms with van der Waals surface area (Å²) in [6.07, 6.45) is 5.32. The summed E-state index contributed by atoms with van der Waals surface area (Å²) in [5.41, 5.74) is 2.54. The summed E-state index contributed by atoms with van der Waals surface area (Å²) in [6, 6.07) is 1.88. The van der Waals surface area contributed by atoms with Gasteiger partial charge in [0, 0.05) is 18.0 Å². The molecule has 1 fully saturated rings. The lowest BCUT2D eigenvalue weighted by molar-refractivity contribution is 0.300. The number of nitrogen functional groups attached to an aromatic ring is 1. The monoisotopic (exact) mass is 291 g/mol. The van der Waals surface area contributed by atoms with Crippen molar-refractivity contribution in [3.05, 3.63) is 11.9 Å². The summed E-state index contributed by atoms with van der Waals surface area (Å²) < 4.78 is 0. The van der Waals surface area contributed by atoms with E-state index in [-0.39, 0.29) is 5.41 Å². The van der Waals surface area contributed by atoms with Gasteiger partial charge < -0.3 is 10.7 Å². The van der Waals surface area contributed by atoms with Crippen LogP contribution < -0.4 is 16.6 Å². The number of aromatic nitrogens is 2. The van der Waals surface area contributed by atoms with Crippen molar-refractivity contribution in [1.82, 2.24) is 9.97 Å². The number of hydrazine groups is 1. The molecule has 5 heteroatoms. The first-order valence-corrected chi connectivity index (χ1v) is 7.98. The Morgan fingerprint density at radius 3 is 2.33 bits per heavy atom. The maximum Gasteiger partial charge on any atom is 0.145 e. The molecule has 0 aliphatic heterocycles. The first-order chi connectivity index (χ1) is 9.88. The van der Waals surface area contributed by atoms with Crippen LogP contribution in [0.5, 0.6) is 0 Å². The van der Waals surface area contributed by atoms with Gasteiger partial charge in [-0.25, -0.2) is 15.8 Å². The SMILES string of the molecule is CC1CCC(CNc2cc(NN)nc(C(C)(C)C)n2)CC1. The summed E-state index contributed by atoms with van der Waals surface area (Å²) in [6.45, 7) is 9.65. The third-order valence-corrected chi connectivity index (χ3v) is 4.25. The van der Waals surface area contributed by atoms with E-state index in [0.717, 1.165) is 30.0 Å². The van der Waals surface area contributed by atoms with Crippen LogP contribution in [-0.2, 0) is 5.41 Å². The van der Waals surface area contributed by atoms with Gasteiger partial charge in [0.25, 0.3) is 0 Å². The number of nitrogens with one attached hydrogen (secondary N) is 2. The fourth-order valence-corrected chi connectivity index (χ4v) is 2.73. The largest absolute Gasteiger partial charge is 0.370 e. The lowest BCUT2D eigenvalue weighted by Crippen LogP contribution is -2.23. The summed E-state index contributed by atoms with van der Waals surface area (Å²) in [4.78, 5) is 9.07. The van der Waals surface area contributed by atoms with Crippen LogP contribution in [0.15, 0.2) is 6.07 Å². The van der Waals surface area contributed by atoms with Gasteiger partial charge >= 0.3 is 0 Å². The fraction of sp³-hybridized carbons (Fsp3) is 0.750.